The second-order valence-electron chi connectivity index (χ2n) is 6.82. The van der Waals surface area contributed by atoms with Crippen LogP contribution in [0.15, 0.2) is 36.4 Å². The molecule has 4 rings (SSSR count). The van der Waals surface area contributed by atoms with Crippen LogP contribution in [0.1, 0.15) is 21.8 Å². The minimum Gasteiger partial charge on any atom is -0.371 e. The summed E-state index contributed by atoms with van der Waals surface area (Å²) in [6.45, 7) is 4.24. The molecule has 1 N–H and O–H groups in total. The Morgan fingerprint density at radius 2 is 2.07 bits per heavy atom. The van der Waals surface area contributed by atoms with Crippen LogP contribution < -0.4 is 10.2 Å². The number of aromatic nitrogens is 1. The average Bonchev–Trinajstić information content (AvgIpc) is 3.40. The zero-order chi connectivity index (χ0) is 19.7. The van der Waals surface area contributed by atoms with Gasteiger partial charge in [0, 0.05) is 25.3 Å². The van der Waals surface area contributed by atoms with E-state index in [1.807, 2.05) is 19.1 Å². The molecule has 0 bridgehead atoms. The quantitative estimate of drug-likeness (QED) is 0.596. The first-order chi connectivity index (χ1) is 13.5. The number of carbonyl (C=O) groups excluding carboxylic acids is 1. The van der Waals surface area contributed by atoms with Gasteiger partial charge in [-0.2, -0.15) is 0 Å². The molecule has 1 saturated heterocycles. The van der Waals surface area contributed by atoms with Gasteiger partial charge in [0.2, 0.25) is 0 Å². The number of amides is 1. The summed E-state index contributed by atoms with van der Waals surface area (Å²) in [6, 6.07) is 10.3. The maximum atomic E-state index is 13.1. The second-order valence-corrected chi connectivity index (χ2v) is 9.54. The molecular formula is C20H19ClFN3OS2. The predicted octanol–water partition coefficient (Wildman–Crippen LogP) is 5.23. The van der Waals surface area contributed by atoms with Gasteiger partial charge < -0.3 is 10.2 Å². The SMILES string of the molecule is Cc1nc(-c2ccc(Cl)s2)sc1C(=O)NCC1CCN(c2ccc(F)cc2)C1. The second kappa shape index (κ2) is 8.19. The maximum Gasteiger partial charge on any atom is 0.263 e. The number of carbonyl (C=O) groups is 1. The molecule has 1 aromatic carbocycles. The monoisotopic (exact) mass is 435 g/mol. The van der Waals surface area contributed by atoms with Gasteiger partial charge in [0.25, 0.3) is 5.91 Å². The molecule has 1 amide bonds. The average molecular weight is 436 g/mol. The van der Waals surface area contributed by atoms with E-state index >= 15 is 0 Å². The largest absolute Gasteiger partial charge is 0.371 e. The Morgan fingerprint density at radius 1 is 1.29 bits per heavy atom. The summed E-state index contributed by atoms with van der Waals surface area (Å²) in [5.74, 6) is 0.0674. The van der Waals surface area contributed by atoms with Crippen LogP contribution in [-0.2, 0) is 0 Å². The highest BCUT2D eigenvalue weighted by atomic mass is 35.5. The zero-order valence-corrected chi connectivity index (χ0v) is 17.6. The van der Waals surface area contributed by atoms with Crippen LogP contribution in [0, 0.1) is 18.7 Å². The highest BCUT2D eigenvalue weighted by Crippen LogP contribution is 2.35. The Labute approximate surface area is 176 Å². The highest BCUT2D eigenvalue weighted by molar-refractivity contribution is 7.24. The van der Waals surface area contributed by atoms with Crippen LogP contribution in [0.25, 0.3) is 9.88 Å². The third-order valence-corrected chi connectivity index (χ3v) is 7.37. The van der Waals surface area contributed by atoms with Crippen molar-refractivity contribution in [1.82, 2.24) is 10.3 Å². The molecular weight excluding hydrogens is 417 g/mol. The molecule has 1 aliphatic heterocycles. The Balaban J connectivity index is 1.35. The summed E-state index contributed by atoms with van der Waals surface area (Å²) in [5.41, 5.74) is 1.76. The normalized spacial score (nSPS) is 16.5. The molecule has 28 heavy (non-hydrogen) atoms. The van der Waals surface area contributed by atoms with Crippen LogP contribution in [0.3, 0.4) is 0 Å². The van der Waals surface area contributed by atoms with E-state index in [1.165, 1.54) is 34.8 Å². The molecule has 1 fully saturated rings. The van der Waals surface area contributed by atoms with Crippen molar-refractivity contribution < 1.29 is 9.18 Å². The third-order valence-electron chi connectivity index (χ3n) is 4.82. The van der Waals surface area contributed by atoms with Gasteiger partial charge in [-0.25, -0.2) is 9.37 Å². The van der Waals surface area contributed by atoms with E-state index in [-0.39, 0.29) is 11.7 Å². The van der Waals surface area contributed by atoms with E-state index in [4.69, 9.17) is 11.6 Å². The Morgan fingerprint density at radius 3 is 2.79 bits per heavy atom. The zero-order valence-electron chi connectivity index (χ0n) is 15.2. The van der Waals surface area contributed by atoms with Gasteiger partial charge >= 0.3 is 0 Å². The number of benzene rings is 1. The predicted molar refractivity (Wildman–Crippen MR) is 114 cm³/mol. The molecule has 8 heteroatoms. The minimum absolute atomic E-state index is 0.0795. The number of anilines is 1. The third kappa shape index (κ3) is 4.21. The van der Waals surface area contributed by atoms with Crippen molar-refractivity contribution in [3.05, 3.63) is 57.1 Å². The Bertz CT molecular complexity index is 986. The summed E-state index contributed by atoms with van der Waals surface area (Å²) in [5, 5.41) is 3.88. The van der Waals surface area contributed by atoms with Gasteiger partial charge in [-0.05, 0) is 55.7 Å². The number of hydrogen-bond donors (Lipinski definition) is 1. The van der Waals surface area contributed by atoms with Crippen molar-refractivity contribution >= 4 is 45.9 Å². The van der Waals surface area contributed by atoms with E-state index in [1.54, 1.807) is 12.1 Å². The lowest BCUT2D eigenvalue weighted by Gasteiger charge is -2.18. The molecule has 2 aromatic heterocycles. The number of aryl methyl sites for hydroxylation is 1. The fourth-order valence-electron chi connectivity index (χ4n) is 3.34. The molecule has 1 aliphatic rings. The lowest BCUT2D eigenvalue weighted by atomic mass is 10.1. The number of halogens is 2. The van der Waals surface area contributed by atoms with E-state index in [0.29, 0.717) is 21.7 Å². The van der Waals surface area contributed by atoms with Crippen LogP contribution in [0.4, 0.5) is 10.1 Å². The van der Waals surface area contributed by atoms with Crippen LogP contribution in [-0.4, -0.2) is 30.5 Å². The van der Waals surface area contributed by atoms with Gasteiger partial charge in [0.1, 0.15) is 15.7 Å². The summed E-state index contributed by atoms with van der Waals surface area (Å²) in [6.07, 6.45) is 0.998. The highest BCUT2D eigenvalue weighted by Gasteiger charge is 2.24. The van der Waals surface area contributed by atoms with Gasteiger partial charge in [-0.3, -0.25) is 4.79 Å². The van der Waals surface area contributed by atoms with Crippen LogP contribution >= 0.6 is 34.3 Å². The van der Waals surface area contributed by atoms with Gasteiger partial charge in [-0.1, -0.05) is 11.6 Å². The lowest BCUT2D eigenvalue weighted by Crippen LogP contribution is -2.30. The van der Waals surface area contributed by atoms with Crippen molar-refractivity contribution in [2.24, 2.45) is 5.92 Å². The molecule has 146 valence electrons. The molecule has 0 spiro atoms. The van der Waals surface area contributed by atoms with E-state index in [2.05, 4.69) is 15.2 Å². The number of rotatable bonds is 5. The van der Waals surface area contributed by atoms with Crippen LogP contribution in [0.5, 0.6) is 0 Å². The first-order valence-corrected chi connectivity index (χ1v) is 11.0. The minimum atomic E-state index is -0.226. The van der Waals surface area contributed by atoms with Gasteiger partial charge in [-0.15, -0.1) is 22.7 Å². The van der Waals surface area contributed by atoms with Crippen molar-refractivity contribution in [2.75, 3.05) is 24.5 Å². The van der Waals surface area contributed by atoms with E-state index in [9.17, 15) is 9.18 Å². The molecule has 3 heterocycles. The standard InChI is InChI=1S/C20H19ClFN3OS2/c1-12-18(28-20(24-12)16-6-7-17(21)27-16)19(26)23-10-13-8-9-25(11-13)15-4-2-14(22)3-5-15/h2-7,13H,8-11H2,1H3,(H,23,26). The number of nitrogens with zero attached hydrogens (tertiary/aromatic N) is 2. The fourth-order valence-corrected chi connectivity index (χ4v) is 5.43. The molecule has 3 aromatic rings. The summed E-state index contributed by atoms with van der Waals surface area (Å²) in [7, 11) is 0. The number of hydrogen-bond acceptors (Lipinski definition) is 5. The summed E-state index contributed by atoms with van der Waals surface area (Å²) in [4.78, 5) is 21.0. The number of thiophene rings is 1. The first-order valence-electron chi connectivity index (χ1n) is 9.01. The molecule has 0 radical (unpaired) electrons. The summed E-state index contributed by atoms with van der Waals surface area (Å²) < 4.78 is 13.8. The maximum absolute atomic E-state index is 13.1. The molecule has 0 saturated carbocycles. The van der Waals surface area contributed by atoms with Gasteiger partial charge in [0.05, 0.1) is 14.9 Å². The van der Waals surface area contributed by atoms with Gasteiger partial charge in [0.15, 0.2) is 0 Å². The smallest absolute Gasteiger partial charge is 0.263 e. The van der Waals surface area contributed by atoms with Crippen molar-refractivity contribution in [2.45, 2.75) is 13.3 Å². The molecule has 1 unspecified atom stereocenters. The van der Waals surface area contributed by atoms with Crippen molar-refractivity contribution in [3.63, 3.8) is 0 Å². The van der Waals surface area contributed by atoms with Crippen molar-refractivity contribution in [1.29, 1.82) is 0 Å². The number of nitrogens with one attached hydrogen (secondary N) is 1. The molecule has 0 aliphatic carbocycles. The molecule has 4 nitrogen and oxygen atoms in total. The Kier molecular flexibility index (Phi) is 5.66. The first kappa shape index (κ1) is 19.4. The lowest BCUT2D eigenvalue weighted by molar-refractivity contribution is 0.0951. The van der Waals surface area contributed by atoms with Crippen molar-refractivity contribution in [3.8, 4) is 9.88 Å². The molecule has 1 atom stereocenters. The topological polar surface area (TPSA) is 45.2 Å². The Hall–Kier alpha value is -1.96. The van der Waals surface area contributed by atoms with E-state index in [0.717, 1.165) is 40.8 Å². The summed E-state index contributed by atoms with van der Waals surface area (Å²) >= 11 is 8.86. The fraction of sp³-hybridized carbons (Fsp3) is 0.300. The number of thiazole rings is 1. The van der Waals surface area contributed by atoms with E-state index < -0.39 is 0 Å². The van der Waals surface area contributed by atoms with Crippen LogP contribution in [0.2, 0.25) is 4.34 Å².